The second-order valence-electron chi connectivity index (χ2n) is 12.8. The molecule has 2 saturated heterocycles. The Kier molecular flexibility index (Phi) is 8.01. The second kappa shape index (κ2) is 12.6. The quantitative estimate of drug-likeness (QED) is 0.225. The molecule has 4 aromatic carbocycles. The van der Waals surface area contributed by atoms with Gasteiger partial charge < -0.3 is 24.5 Å². The molecule has 0 spiro atoms. The number of hydrogen-bond acceptors (Lipinski definition) is 7. The normalized spacial score (nSPS) is 22.0. The fraction of sp³-hybridized carbons (Fsp3) is 0.289. The first kappa shape index (κ1) is 30.5. The van der Waals surface area contributed by atoms with E-state index >= 15 is 0 Å². The number of carbonyl (C=O) groups excluding carboxylic acids is 2. The Balaban J connectivity index is 0.992. The molecule has 0 radical (unpaired) electrons. The number of amides is 2. The largest absolute Gasteiger partial charge is 0.392 e. The van der Waals surface area contributed by atoms with Gasteiger partial charge in [-0.15, -0.1) is 0 Å². The third-order valence-corrected chi connectivity index (χ3v) is 9.84. The van der Waals surface area contributed by atoms with E-state index in [1.807, 2.05) is 65.2 Å². The molecule has 0 unspecified atom stereocenters. The van der Waals surface area contributed by atoms with Crippen LogP contribution >= 0.6 is 0 Å². The summed E-state index contributed by atoms with van der Waals surface area (Å²) in [4.78, 5) is 45.5. The minimum Gasteiger partial charge on any atom is -0.392 e. The number of imide groups is 1. The van der Waals surface area contributed by atoms with Gasteiger partial charge in [-0.1, -0.05) is 60.7 Å². The number of aliphatic hydroxyl groups is 1. The van der Waals surface area contributed by atoms with E-state index in [1.54, 1.807) is 36.4 Å². The average Bonchev–Trinajstić information content (AvgIpc) is 3.60. The van der Waals surface area contributed by atoms with Crippen LogP contribution < -0.4 is 10.6 Å². The zero-order valence-electron chi connectivity index (χ0n) is 26.3. The minimum absolute atomic E-state index is 0.0275. The van der Waals surface area contributed by atoms with Crippen LogP contribution in [0.4, 0.5) is 5.69 Å². The predicted octanol–water partition coefficient (Wildman–Crippen LogP) is 5.51. The molecule has 8 rings (SSSR count). The third kappa shape index (κ3) is 5.56. The topological polar surface area (TPSA) is 117 Å². The average molecular weight is 645 g/mol. The second-order valence-corrected chi connectivity index (χ2v) is 12.8. The molecule has 10 heteroatoms. The van der Waals surface area contributed by atoms with E-state index in [0.29, 0.717) is 29.8 Å². The van der Waals surface area contributed by atoms with E-state index in [-0.39, 0.29) is 42.4 Å². The molecule has 0 bridgehead atoms. The monoisotopic (exact) mass is 644 g/mol. The highest BCUT2D eigenvalue weighted by Crippen LogP contribution is 2.39. The van der Waals surface area contributed by atoms with Gasteiger partial charge in [0.25, 0.3) is 11.8 Å². The summed E-state index contributed by atoms with van der Waals surface area (Å²) >= 11 is 0. The number of imidazole rings is 1. The molecule has 3 aliphatic rings. The van der Waals surface area contributed by atoms with E-state index in [0.717, 1.165) is 53.7 Å². The molecule has 3 atom stereocenters. The highest BCUT2D eigenvalue weighted by molar-refractivity contribution is 6.34. The van der Waals surface area contributed by atoms with Crippen LogP contribution in [0, 0.1) is 0 Å². The van der Waals surface area contributed by atoms with E-state index in [1.165, 1.54) is 4.90 Å². The number of ether oxygens (including phenoxy) is 2. The van der Waals surface area contributed by atoms with E-state index in [9.17, 15) is 19.5 Å². The molecule has 2 amide bonds. The van der Waals surface area contributed by atoms with Crippen molar-refractivity contribution in [2.45, 2.75) is 50.4 Å². The molecular weight excluding hydrogens is 608 g/mol. The predicted molar refractivity (Wildman–Crippen MR) is 180 cm³/mol. The maximum absolute atomic E-state index is 13.1. The Morgan fingerprint density at radius 3 is 2.08 bits per heavy atom. The molecule has 244 valence electrons. The number of piperidine rings is 1. The van der Waals surface area contributed by atoms with Gasteiger partial charge in [0.2, 0.25) is 0 Å². The van der Waals surface area contributed by atoms with Crippen LogP contribution in [0.2, 0.25) is 0 Å². The number of rotatable bonds is 7. The lowest BCUT2D eigenvalue weighted by atomic mass is 9.98. The standard InChI is InChI=1S/C38H36N4O6/c43-23-24-9-11-25(12-10-24)34-21-29(22-40-19-17-28(18-20-40)41-33-8-4-3-7-32(33)39-38(41)46)47-37(48-34)26-13-15-27(16-14-26)42-35(44)30-5-1-2-6-31(30)36(42)45/h1-16,28-29,34,37,43H,17-23H2,(H,39,46)/t29-,34+,37+/m1/s1. The maximum Gasteiger partial charge on any atom is 0.326 e. The fourth-order valence-corrected chi connectivity index (χ4v) is 7.32. The third-order valence-electron chi connectivity index (χ3n) is 9.84. The Bertz CT molecular complexity index is 1990. The van der Waals surface area contributed by atoms with Gasteiger partial charge in [0.1, 0.15) is 0 Å². The number of aromatic nitrogens is 2. The van der Waals surface area contributed by atoms with Gasteiger partial charge in [-0.25, -0.2) is 9.69 Å². The molecule has 2 fully saturated rings. The number of H-pyrrole nitrogens is 1. The number of carbonyl (C=O) groups is 2. The fourth-order valence-electron chi connectivity index (χ4n) is 7.32. The number of likely N-dealkylation sites (tertiary alicyclic amines) is 1. The van der Waals surface area contributed by atoms with Gasteiger partial charge in [0.05, 0.1) is 46.7 Å². The van der Waals surface area contributed by atoms with Crippen LogP contribution in [0.25, 0.3) is 11.0 Å². The minimum atomic E-state index is -0.662. The van der Waals surface area contributed by atoms with Crippen LogP contribution in [-0.2, 0) is 16.1 Å². The zero-order valence-corrected chi connectivity index (χ0v) is 26.3. The molecule has 5 aromatic rings. The summed E-state index contributed by atoms with van der Waals surface area (Å²) in [5.41, 5.74) is 5.67. The SMILES string of the molecule is O=C1c2ccccc2C(=O)N1c1ccc([C@H]2O[C@@H](CN3CCC(n4c(=O)[nH]c5ccccc54)CC3)C[C@@H](c3ccc(CO)cc3)O2)cc1. The number of fused-ring (bicyclic) bond motifs is 2. The van der Waals surface area contributed by atoms with Crippen LogP contribution in [0.3, 0.4) is 0 Å². The molecule has 3 aliphatic heterocycles. The summed E-state index contributed by atoms with van der Waals surface area (Å²) in [6.07, 6.45) is 1.35. The maximum atomic E-state index is 13.1. The number of anilines is 1. The number of aromatic amines is 1. The lowest BCUT2D eigenvalue weighted by Gasteiger charge is -2.40. The molecule has 2 N–H and O–H groups in total. The molecule has 10 nitrogen and oxygen atoms in total. The van der Waals surface area contributed by atoms with Crippen molar-refractivity contribution >= 4 is 28.5 Å². The molecule has 1 aromatic heterocycles. The van der Waals surface area contributed by atoms with Gasteiger partial charge in [-0.05, 0) is 60.4 Å². The van der Waals surface area contributed by atoms with Crippen molar-refractivity contribution in [3.05, 3.63) is 135 Å². The number of para-hydroxylation sites is 2. The Labute approximate surface area is 277 Å². The first-order valence-corrected chi connectivity index (χ1v) is 16.5. The lowest BCUT2D eigenvalue weighted by Crippen LogP contribution is -2.43. The van der Waals surface area contributed by atoms with E-state index in [2.05, 4.69) is 9.88 Å². The van der Waals surface area contributed by atoms with Gasteiger partial charge in [-0.2, -0.15) is 0 Å². The Hall–Kier alpha value is -4.87. The lowest BCUT2D eigenvalue weighted by molar-refractivity contribution is -0.253. The van der Waals surface area contributed by atoms with Crippen molar-refractivity contribution in [3.8, 4) is 0 Å². The number of nitrogens with zero attached hydrogens (tertiary/aromatic N) is 3. The highest BCUT2D eigenvalue weighted by Gasteiger charge is 2.37. The van der Waals surface area contributed by atoms with Crippen LogP contribution in [0.5, 0.6) is 0 Å². The van der Waals surface area contributed by atoms with E-state index < -0.39 is 6.29 Å². The summed E-state index contributed by atoms with van der Waals surface area (Å²) in [6.45, 7) is 2.37. The first-order chi connectivity index (χ1) is 23.5. The summed E-state index contributed by atoms with van der Waals surface area (Å²) in [7, 11) is 0. The van der Waals surface area contributed by atoms with Crippen molar-refractivity contribution < 1.29 is 24.2 Å². The van der Waals surface area contributed by atoms with Gasteiger partial charge in [-0.3, -0.25) is 14.2 Å². The number of aliphatic hydroxyl groups excluding tert-OH is 1. The van der Waals surface area contributed by atoms with Crippen molar-refractivity contribution in [2.75, 3.05) is 24.5 Å². The number of nitrogens with one attached hydrogen (secondary N) is 1. The van der Waals surface area contributed by atoms with Gasteiger partial charge >= 0.3 is 5.69 Å². The highest BCUT2D eigenvalue weighted by atomic mass is 16.7. The van der Waals surface area contributed by atoms with E-state index in [4.69, 9.17) is 9.47 Å². The van der Waals surface area contributed by atoms with Crippen molar-refractivity contribution in [2.24, 2.45) is 0 Å². The zero-order chi connectivity index (χ0) is 32.8. The number of hydrogen-bond donors (Lipinski definition) is 2. The van der Waals surface area contributed by atoms with Crippen molar-refractivity contribution in [1.29, 1.82) is 0 Å². The van der Waals surface area contributed by atoms with Crippen molar-refractivity contribution in [3.63, 3.8) is 0 Å². The molecule has 4 heterocycles. The summed E-state index contributed by atoms with van der Waals surface area (Å²) in [6, 6.07) is 29.8. The Morgan fingerprint density at radius 1 is 0.750 bits per heavy atom. The first-order valence-electron chi connectivity index (χ1n) is 16.5. The van der Waals surface area contributed by atoms with Crippen LogP contribution in [-0.4, -0.2) is 57.1 Å². The summed E-state index contributed by atoms with van der Waals surface area (Å²) in [5, 5.41) is 9.56. The molecule has 48 heavy (non-hydrogen) atoms. The molecular formula is C38H36N4O6. The van der Waals surface area contributed by atoms with Crippen LogP contribution in [0.15, 0.2) is 102 Å². The number of benzene rings is 4. The smallest absolute Gasteiger partial charge is 0.326 e. The van der Waals surface area contributed by atoms with Gasteiger partial charge in [0, 0.05) is 37.7 Å². The summed E-state index contributed by atoms with van der Waals surface area (Å²) < 4.78 is 15.0. The molecule has 0 saturated carbocycles. The Morgan fingerprint density at radius 2 is 1.40 bits per heavy atom. The van der Waals surface area contributed by atoms with Gasteiger partial charge in [0.15, 0.2) is 6.29 Å². The molecule has 0 aliphatic carbocycles. The summed E-state index contributed by atoms with van der Waals surface area (Å²) in [5.74, 6) is -0.670. The van der Waals surface area contributed by atoms with Crippen LogP contribution in [0.1, 0.15) is 75.1 Å². The van der Waals surface area contributed by atoms with Crippen molar-refractivity contribution in [1.82, 2.24) is 14.5 Å².